The summed E-state index contributed by atoms with van der Waals surface area (Å²) in [5.74, 6) is 1.95. The standard InChI is InChI=1S/C13H19NO4/c1-9(2)15-3-4-16-11-8-13-12(7-10(11)14)17-5-6-18-13/h7-9H,3-6,14H2,1-2H3. The average molecular weight is 253 g/mol. The zero-order valence-electron chi connectivity index (χ0n) is 10.8. The van der Waals surface area contributed by atoms with Gasteiger partial charge in [0, 0.05) is 12.1 Å². The summed E-state index contributed by atoms with van der Waals surface area (Å²) in [6.07, 6.45) is 0.200. The summed E-state index contributed by atoms with van der Waals surface area (Å²) in [6, 6.07) is 3.49. The molecule has 1 aliphatic rings. The zero-order valence-corrected chi connectivity index (χ0v) is 10.8. The predicted molar refractivity (Wildman–Crippen MR) is 68.4 cm³/mol. The van der Waals surface area contributed by atoms with E-state index in [0.717, 1.165) is 0 Å². The Kier molecular flexibility index (Phi) is 4.15. The highest BCUT2D eigenvalue weighted by atomic mass is 16.6. The Morgan fingerprint density at radius 3 is 2.50 bits per heavy atom. The van der Waals surface area contributed by atoms with Crippen molar-refractivity contribution in [2.45, 2.75) is 20.0 Å². The van der Waals surface area contributed by atoms with E-state index in [-0.39, 0.29) is 6.10 Å². The molecule has 0 atom stereocenters. The highest BCUT2D eigenvalue weighted by Crippen LogP contribution is 2.38. The molecule has 5 nitrogen and oxygen atoms in total. The minimum Gasteiger partial charge on any atom is -0.489 e. The molecular weight excluding hydrogens is 234 g/mol. The van der Waals surface area contributed by atoms with Crippen LogP contribution in [-0.2, 0) is 4.74 Å². The Morgan fingerprint density at radius 2 is 1.83 bits per heavy atom. The van der Waals surface area contributed by atoms with Gasteiger partial charge in [-0.3, -0.25) is 0 Å². The number of nitrogens with two attached hydrogens (primary N) is 1. The monoisotopic (exact) mass is 253 g/mol. The van der Waals surface area contributed by atoms with Crippen LogP contribution in [0.1, 0.15) is 13.8 Å². The van der Waals surface area contributed by atoms with E-state index in [1.165, 1.54) is 0 Å². The van der Waals surface area contributed by atoms with Gasteiger partial charge in [0.15, 0.2) is 11.5 Å². The molecule has 0 aliphatic carbocycles. The number of fused-ring (bicyclic) bond motifs is 1. The van der Waals surface area contributed by atoms with Gasteiger partial charge in [0.05, 0.1) is 18.4 Å². The molecule has 0 radical (unpaired) electrons. The van der Waals surface area contributed by atoms with E-state index in [9.17, 15) is 0 Å². The number of ether oxygens (including phenoxy) is 4. The molecule has 0 spiro atoms. The van der Waals surface area contributed by atoms with E-state index in [2.05, 4.69) is 0 Å². The lowest BCUT2D eigenvalue weighted by atomic mass is 10.2. The summed E-state index contributed by atoms with van der Waals surface area (Å²) in [5.41, 5.74) is 6.43. The summed E-state index contributed by atoms with van der Waals surface area (Å²) in [6.45, 7) is 6.06. The second kappa shape index (κ2) is 5.82. The molecule has 1 aromatic rings. The van der Waals surface area contributed by atoms with Gasteiger partial charge in [-0.15, -0.1) is 0 Å². The van der Waals surface area contributed by atoms with Crippen molar-refractivity contribution in [3.8, 4) is 17.2 Å². The van der Waals surface area contributed by atoms with Gasteiger partial charge in [0.25, 0.3) is 0 Å². The Balaban J connectivity index is 1.95. The molecule has 0 saturated carbocycles. The molecule has 0 aromatic heterocycles. The van der Waals surface area contributed by atoms with Crippen LogP contribution in [0, 0.1) is 0 Å². The molecule has 1 aliphatic heterocycles. The molecule has 0 amide bonds. The lowest BCUT2D eigenvalue weighted by Gasteiger charge is -2.20. The van der Waals surface area contributed by atoms with Gasteiger partial charge in [0.2, 0.25) is 0 Å². The van der Waals surface area contributed by atoms with Crippen molar-refractivity contribution in [1.29, 1.82) is 0 Å². The van der Waals surface area contributed by atoms with E-state index >= 15 is 0 Å². The van der Waals surface area contributed by atoms with Gasteiger partial charge in [-0.05, 0) is 13.8 Å². The number of nitrogen functional groups attached to an aromatic ring is 1. The average Bonchev–Trinajstić information content (AvgIpc) is 2.34. The Bertz CT molecular complexity index is 406. The maximum atomic E-state index is 5.89. The van der Waals surface area contributed by atoms with Crippen molar-refractivity contribution >= 4 is 5.69 Å². The van der Waals surface area contributed by atoms with Gasteiger partial charge in [0.1, 0.15) is 25.6 Å². The quantitative estimate of drug-likeness (QED) is 0.641. The van der Waals surface area contributed by atoms with Crippen molar-refractivity contribution in [3.05, 3.63) is 12.1 Å². The maximum Gasteiger partial charge on any atom is 0.165 e. The normalized spacial score (nSPS) is 13.7. The van der Waals surface area contributed by atoms with Crippen LogP contribution in [0.5, 0.6) is 17.2 Å². The highest BCUT2D eigenvalue weighted by Gasteiger charge is 2.15. The second-order valence-corrected chi connectivity index (χ2v) is 4.30. The van der Waals surface area contributed by atoms with E-state index in [0.29, 0.717) is 49.4 Å². The molecule has 1 heterocycles. The SMILES string of the molecule is CC(C)OCCOc1cc2c(cc1N)OCCO2. The third-order valence-electron chi connectivity index (χ3n) is 2.47. The smallest absolute Gasteiger partial charge is 0.165 e. The van der Waals surface area contributed by atoms with Crippen LogP contribution in [0.4, 0.5) is 5.69 Å². The molecular formula is C13H19NO4. The summed E-state index contributed by atoms with van der Waals surface area (Å²) < 4.78 is 21.9. The molecule has 18 heavy (non-hydrogen) atoms. The molecule has 0 fully saturated rings. The summed E-state index contributed by atoms with van der Waals surface area (Å²) in [7, 11) is 0. The van der Waals surface area contributed by atoms with Crippen LogP contribution in [-0.4, -0.2) is 32.5 Å². The fourth-order valence-corrected chi connectivity index (χ4v) is 1.65. The summed E-state index contributed by atoms with van der Waals surface area (Å²) >= 11 is 0. The Morgan fingerprint density at radius 1 is 1.17 bits per heavy atom. The molecule has 1 aromatic carbocycles. The summed E-state index contributed by atoms with van der Waals surface area (Å²) in [5, 5.41) is 0. The minimum atomic E-state index is 0.200. The van der Waals surface area contributed by atoms with Crippen molar-refractivity contribution in [2.24, 2.45) is 0 Å². The number of rotatable bonds is 5. The van der Waals surface area contributed by atoms with E-state index in [4.69, 9.17) is 24.7 Å². The van der Waals surface area contributed by atoms with Gasteiger partial charge in [-0.25, -0.2) is 0 Å². The van der Waals surface area contributed by atoms with Crippen LogP contribution in [0.2, 0.25) is 0 Å². The van der Waals surface area contributed by atoms with Crippen molar-refractivity contribution < 1.29 is 18.9 Å². The summed E-state index contributed by atoms with van der Waals surface area (Å²) in [4.78, 5) is 0. The predicted octanol–water partition coefficient (Wildman–Crippen LogP) is 1.84. The van der Waals surface area contributed by atoms with Crippen molar-refractivity contribution in [2.75, 3.05) is 32.2 Å². The maximum absolute atomic E-state index is 5.89. The number of anilines is 1. The first-order chi connectivity index (χ1) is 8.66. The van der Waals surface area contributed by atoms with Crippen LogP contribution in [0.25, 0.3) is 0 Å². The number of benzene rings is 1. The zero-order chi connectivity index (χ0) is 13.0. The molecule has 2 rings (SSSR count). The molecule has 0 unspecified atom stereocenters. The highest BCUT2D eigenvalue weighted by molar-refractivity contribution is 5.62. The van der Waals surface area contributed by atoms with Gasteiger partial charge < -0.3 is 24.7 Å². The van der Waals surface area contributed by atoms with Gasteiger partial charge in [-0.1, -0.05) is 0 Å². The lowest BCUT2D eigenvalue weighted by Crippen LogP contribution is -2.16. The van der Waals surface area contributed by atoms with E-state index in [1.54, 1.807) is 12.1 Å². The van der Waals surface area contributed by atoms with E-state index in [1.807, 2.05) is 13.8 Å². The third kappa shape index (κ3) is 3.20. The van der Waals surface area contributed by atoms with Crippen LogP contribution < -0.4 is 19.9 Å². The molecule has 0 bridgehead atoms. The first kappa shape index (κ1) is 12.8. The van der Waals surface area contributed by atoms with Crippen molar-refractivity contribution in [1.82, 2.24) is 0 Å². The molecule has 2 N–H and O–H groups in total. The van der Waals surface area contributed by atoms with Crippen LogP contribution in [0.15, 0.2) is 12.1 Å². The second-order valence-electron chi connectivity index (χ2n) is 4.30. The van der Waals surface area contributed by atoms with Crippen LogP contribution >= 0.6 is 0 Å². The fraction of sp³-hybridized carbons (Fsp3) is 0.538. The Hall–Kier alpha value is -1.62. The van der Waals surface area contributed by atoms with Gasteiger partial charge >= 0.3 is 0 Å². The van der Waals surface area contributed by atoms with Gasteiger partial charge in [-0.2, -0.15) is 0 Å². The van der Waals surface area contributed by atoms with E-state index < -0.39 is 0 Å². The fourth-order valence-electron chi connectivity index (χ4n) is 1.65. The van der Waals surface area contributed by atoms with Crippen LogP contribution in [0.3, 0.4) is 0 Å². The van der Waals surface area contributed by atoms with Crippen molar-refractivity contribution in [3.63, 3.8) is 0 Å². The molecule has 0 saturated heterocycles. The minimum absolute atomic E-state index is 0.200. The molecule has 5 heteroatoms. The number of hydrogen-bond donors (Lipinski definition) is 1. The third-order valence-corrected chi connectivity index (χ3v) is 2.47. The first-order valence-electron chi connectivity index (χ1n) is 6.10. The molecule has 100 valence electrons. The lowest BCUT2D eigenvalue weighted by molar-refractivity contribution is 0.0553. The number of hydrogen-bond acceptors (Lipinski definition) is 5. The Labute approximate surface area is 107 Å². The first-order valence-corrected chi connectivity index (χ1v) is 6.10. The topological polar surface area (TPSA) is 62.9 Å². The largest absolute Gasteiger partial charge is 0.489 e.